The maximum absolute atomic E-state index is 13.8. The number of carbonyl (C=O) groups is 1. The minimum absolute atomic E-state index is 0.191. The molecule has 0 atom stereocenters. The summed E-state index contributed by atoms with van der Waals surface area (Å²) in [5.74, 6) is -2.64. The third-order valence-corrected chi connectivity index (χ3v) is 2.81. The number of halogens is 2. The third kappa shape index (κ3) is 3.90. The third-order valence-electron chi connectivity index (χ3n) is 2.81. The zero-order valence-corrected chi connectivity index (χ0v) is 11.8. The van der Waals surface area contributed by atoms with E-state index in [-0.39, 0.29) is 6.61 Å². The molecule has 0 saturated carbocycles. The molecule has 4 nitrogen and oxygen atoms in total. The second kappa shape index (κ2) is 6.65. The van der Waals surface area contributed by atoms with Crippen molar-refractivity contribution >= 4 is 5.97 Å². The van der Waals surface area contributed by atoms with Gasteiger partial charge in [0.05, 0.1) is 12.5 Å². The summed E-state index contributed by atoms with van der Waals surface area (Å²) in [7, 11) is 1.24. The highest BCUT2D eigenvalue weighted by Gasteiger charge is 2.30. The van der Waals surface area contributed by atoms with Gasteiger partial charge in [-0.2, -0.15) is 0 Å². The van der Waals surface area contributed by atoms with Crippen LogP contribution < -0.4 is 10.5 Å². The Morgan fingerprint density at radius 1 is 1.30 bits per heavy atom. The Bertz CT molecular complexity index is 466. The molecule has 6 heteroatoms. The van der Waals surface area contributed by atoms with Crippen molar-refractivity contribution in [1.82, 2.24) is 0 Å². The predicted molar refractivity (Wildman–Crippen MR) is 70.4 cm³/mol. The van der Waals surface area contributed by atoms with Gasteiger partial charge in [-0.1, -0.05) is 0 Å². The van der Waals surface area contributed by atoms with Gasteiger partial charge in [-0.05, 0) is 44.5 Å². The van der Waals surface area contributed by atoms with E-state index in [0.717, 1.165) is 0 Å². The number of benzene rings is 1. The van der Waals surface area contributed by atoms with Crippen LogP contribution in [0.3, 0.4) is 0 Å². The summed E-state index contributed by atoms with van der Waals surface area (Å²) in [5, 5.41) is 0. The Hall–Kier alpha value is -1.69. The average molecular weight is 287 g/mol. The molecule has 0 saturated heterocycles. The summed E-state index contributed by atoms with van der Waals surface area (Å²) >= 11 is 0. The lowest BCUT2D eigenvalue weighted by Crippen LogP contribution is -2.32. The van der Waals surface area contributed by atoms with E-state index in [1.54, 1.807) is 13.8 Å². The number of rotatable bonds is 6. The number of nitrogens with two attached hydrogens (primary N) is 1. The van der Waals surface area contributed by atoms with Crippen LogP contribution >= 0.6 is 0 Å². The fourth-order valence-electron chi connectivity index (χ4n) is 1.65. The molecule has 0 spiro atoms. The zero-order valence-electron chi connectivity index (χ0n) is 11.8. The Kier molecular flexibility index (Phi) is 5.44. The van der Waals surface area contributed by atoms with Crippen molar-refractivity contribution < 1.29 is 23.0 Å². The molecular formula is C14H19F2NO3. The highest BCUT2D eigenvalue weighted by molar-refractivity contribution is 5.75. The van der Waals surface area contributed by atoms with E-state index in [4.69, 9.17) is 10.5 Å². The van der Waals surface area contributed by atoms with Crippen LogP contribution in [0.1, 0.15) is 19.4 Å². The van der Waals surface area contributed by atoms with Gasteiger partial charge in [0.15, 0.2) is 17.4 Å². The van der Waals surface area contributed by atoms with Gasteiger partial charge in [0.25, 0.3) is 0 Å². The fraction of sp³-hybridized carbons (Fsp3) is 0.500. The van der Waals surface area contributed by atoms with Crippen molar-refractivity contribution in [3.8, 4) is 5.75 Å². The lowest BCUT2D eigenvalue weighted by molar-refractivity contribution is -0.152. The fourth-order valence-corrected chi connectivity index (χ4v) is 1.65. The molecule has 1 rings (SSSR count). The lowest BCUT2D eigenvalue weighted by atomic mass is 9.95. The SMILES string of the molecule is COC(=O)C(C)(C)COc1c(F)cc(CCN)cc1F. The maximum atomic E-state index is 13.8. The van der Waals surface area contributed by atoms with Gasteiger partial charge in [-0.15, -0.1) is 0 Å². The van der Waals surface area contributed by atoms with E-state index in [0.29, 0.717) is 18.5 Å². The highest BCUT2D eigenvalue weighted by Crippen LogP contribution is 2.26. The number of hydrogen-bond acceptors (Lipinski definition) is 4. The normalized spacial score (nSPS) is 11.3. The molecule has 1 aromatic rings. The standard InChI is InChI=1S/C14H19F2NO3/c1-14(2,13(18)19-3)8-20-12-10(15)6-9(4-5-17)7-11(12)16/h6-7H,4-5,8,17H2,1-3H3. The van der Waals surface area contributed by atoms with E-state index in [1.807, 2.05) is 0 Å². The first-order chi connectivity index (χ1) is 9.31. The first-order valence-electron chi connectivity index (χ1n) is 6.21. The summed E-state index contributed by atoms with van der Waals surface area (Å²) in [5.41, 5.74) is 4.80. The molecule has 0 fully saturated rings. The van der Waals surface area contributed by atoms with Crippen molar-refractivity contribution in [2.24, 2.45) is 11.1 Å². The van der Waals surface area contributed by atoms with Gasteiger partial charge in [-0.3, -0.25) is 4.79 Å². The van der Waals surface area contributed by atoms with Crippen molar-refractivity contribution in [3.05, 3.63) is 29.3 Å². The minimum atomic E-state index is -0.996. The summed E-state index contributed by atoms with van der Waals surface area (Å²) in [6.07, 6.45) is 0.377. The topological polar surface area (TPSA) is 61.5 Å². The quantitative estimate of drug-likeness (QED) is 0.813. The van der Waals surface area contributed by atoms with Gasteiger partial charge in [-0.25, -0.2) is 8.78 Å². The number of carbonyl (C=O) groups excluding carboxylic acids is 1. The Morgan fingerprint density at radius 3 is 2.30 bits per heavy atom. The van der Waals surface area contributed by atoms with E-state index in [1.165, 1.54) is 19.2 Å². The van der Waals surface area contributed by atoms with Crippen LogP contribution in [0, 0.1) is 17.0 Å². The van der Waals surface area contributed by atoms with Crippen LogP contribution in [0.5, 0.6) is 5.75 Å². The first-order valence-corrected chi connectivity index (χ1v) is 6.21. The monoisotopic (exact) mass is 287 g/mol. The van der Waals surface area contributed by atoms with Crippen LogP contribution in [0.15, 0.2) is 12.1 Å². The van der Waals surface area contributed by atoms with Crippen molar-refractivity contribution in [2.75, 3.05) is 20.3 Å². The van der Waals surface area contributed by atoms with Crippen molar-refractivity contribution in [2.45, 2.75) is 20.3 Å². The largest absolute Gasteiger partial charge is 0.486 e. The molecule has 0 radical (unpaired) electrons. The van der Waals surface area contributed by atoms with Crippen molar-refractivity contribution in [1.29, 1.82) is 0 Å². The van der Waals surface area contributed by atoms with Gasteiger partial charge in [0.2, 0.25) is 0 Å². The summed E-state index contributed by atoms with van der Waals surface area (Å²) < 4.78 is 37.2. The molecule has 0 aliphatic heterocycles. The number of ether oxygens (including phenoxy) is 2. The number of methoxy groups -OCH3 is 1. The summed E-state index contributed by atoms with van der Waals surface area (Å²) in [6, 6.07) is 2.35. The second-order valence-electron chi connectivity index (χ2n) is 5.09. The molecule has 0 aliphatic rings. The summed E-state index contributed by atoms with van der Waals surface area (Å²) in [4.78, 5) is 11.5. The Morgan fingerprint density at radius 2 is 1.85 bits per heavy atom. The molecule has 2 N–H and O–H groups in total. The van der Waals surface area contributed by atoms with Crippen LogP contribution in [0.25, 0.3) is 0 Å². The minimum Gasteiger partial charge on any atom is -0.486 e. The average Bonchev–Trinajstić information content (AvgIpc) is 2.37. The Balaban J connectivity index is 2.86. The molecular weight excluding hydrogens is 268 g/mol. The van der Waals surface area contributed by atoms with E-state index in [2.05, 4.69) is 4.74 Å². The molecule has 0 aromatic heterocycles. The van der Waals surface area contributed by atoms with Gasteiger partial charge in [0.1, 0.15) is 6.61 Å². The Labute approximate surface area is 116 Å². The smallest absolute Gasteiger partial charge is 0.314 e. The number of hydrogen-bond donors (Lipinski definition) is 1. The van der Waals surface area contributed by atoms with Crippen LogP contribution in [-0.2, 0) is 16.0 Å². The molecule has 112 valence electrons. The van der Waals surface area contributed by atoms with Crippen LogP contribution in [0.2, 0.25) is 0 Å². The maximum Gasteiger partial charge on any atom is 0.314 e. The number of esters is 1. The van der Waals surface area contributed by atoms with Gasteiger partial charge >= 0.3 is 5.97 Å². The van der Waals surface area contributed by atoms with E-state index < -0.39 is 28.8 Å². The summed E-state index contributed by atoms with van der Waals surface area (Å²) in [6.45, 7) is 3.24. The molecule has 0 bridgehead atoms. The van der Waals surface area contributed by atoms with E-state index >= 15 is 0 Å². The van der Waals surface area contributed by atoms with Gasteiger partial charge < -0.3 is 15.2 Å². The first kappa shape index (κ1) is 16.4. The van der Waals surface area contributed by atoms with Crippen LogP contribution in [-0.4, -0.2) is 26.2 Å². The van der Waals surface area contributed by atoms with Crippen LogP contribution in [0.4, 0.5) is 8.78 Å². The predicted octanol–water partition coefficient (Wildman–Crippen LogP) is 2.04. The lowest BCUT2D eigenvalue weighted by Gasteiger charge is -2.22. The molecule has 0 unspecified atom stereocenters. The van der Waals surface area contributed by atoms with Crippen molar-refractivity contribution in [3.63, 3.8) is 0 Å². The zero-order chi connectivity index (χ0) is 15.3. The highest BCUT2D eigenvalue weighted by atomic mass is 19.1. The molecule has 0 aliphatic carbocycles. The molecule has 1 aromatic carbocycles. The molecule has 0 amide bonds. The molecule has 0 heterocycles. The second-order valence-corrected chi connectivity index (χ2v) is 5.09. The van der Waals surface area contributed by atoms with E-state index in [9.17, 15) is 13.6 Å². The van der Waals surface area contributed by atoms with Gasteiger partial charge in [0, 0.05) is 0 Å². The molecule has 20 heavy (non-hydrogen) atoms.